The Hall–Kier alpha value is -1.53. The van der Waals surface area contributed by atoms with Gasteiger partial charge in [0.15, 0.2) is 0 Å². The van der Waals surface area contributed by atoms with E-state index in [9.17, 15) is 4.79 Å². The zero-order chi connectivity index (χ0) is 12.2. The summed E-state index contributed by atoms with van der Waals surface area (Å²) in [5.74, 6) is 0.110. The first kappa shape index (κ1) is 12.5. The Balaban J connectivity index is 2.86. The number of nitrogens with one attached hydrogen (secondary N) is 1. The minimum Gasteiger partial charge on any atom is -0.346 e. The molecule has 0 aliphatic heterocycles. The van der Waals surface area contributed by atoms with Crippen molar-refractivity contribution in [2.75, 3.05) is 5.88 Å². The first-order valence-corrected chi connectivity index (χ1v) is 5.40. The van der Waals surface area contributed by atoms with Crippen molar-refractivity contribution in [3.05, 3.63) is 35.4 Å². The van der Waals surface area contributed by atoms with E-state index in [-0.39, 0.29) is 5.91 Å². The van der Waals surface area contributed by atoms with Crippen LogP contribution in [0.2, 0.25) is 0 Å². The standard InChI is InChI=1S/C12H13ClN2O/c1-12(2,8-13)15-11(16)10-5-3-4-9(6-10)7-14/h3-6H,8H2,1-2H3,(H,15,16). The molecule has 1 aromatic rings. The molecular weight excluding hydrogens is 224 g/mol. The number of carbonyl (C=O) groups excluding carboxylic acids is 1. The van der Waals surface area contributed by atoms with Crippen LogP contribution in [-0.4, -0.2) is 17.3 Å². The SMILES string of the molecule is CC(C)(CCl)NC(=O)c1cccc(C#N)c1. The molecular formula is C12H13ClN2O. The van der Waals surface area contributed by atoms with Gasteiger partial charge in [0.25, 0.3) is 5.91 Å². The number of benzene rings is 1. The highest BCUT2D eigenvalue weighted by molar-refractivity contribution is 6.18. The van der Waals surface area contributed by atoms with Crippen LogP contribution in [0.15, 0.2) is 24.3 Å². The summed E-state index contributed by atoms with van der Waals surface area (Å²) in [6, 6.07) is 8.55. The molecule has 0 bridgehead atoms. The van der Waals surface area contributed by atoms with E-state index in [1.807, 2.05) is 19.9 Å². The Morgan fingerprint density at radius 1 is 1.56 bits per heavy atom. The van der Waals surface area contributed by atoms with Crippen LogP contribution in [0, 0.1) is 11.3 Å². The van der Waals surface area contributed by atoms with Crippen molar-refractivity contribution >= 4 is 17.5 Å². The highest BCUT2D eigenvalue weighted by atomic mass is 35.5. The summed E-state index contributed by atoms with van der Waals surface area (Å²) in [5.41, 5.74) is 0.481. The molecule has 1 amide bonds. The van der Waals surface area contributed by atoms with E-state index < -0.39 is 5.54 Å². The van der Waals surface area contributed by atoms with Gasteiger partial charge in [-0.2, -0.15) is 5.26 Å². The van der Waals surface area contributed by atoms with Crippen LogP contribution in [-0.2, 0) is 0 Å². The predicted molar refractivity (Wildman–Crippen MR) is 63.4 cm³/mol. The third-order valence-corrected chi connectivity index (χ3v) is 2.71. The summed E-state index contributed by atoms with van der Waals surface area (Å²) in [4.78, 5) is 11.8. The zero-order valence-corrected chi connectivity index (χ0v) is 10.0. The predicted octanol–water partition coefficient (Wildman–Crippen LogP) is 2.31. The fourth-order valence-corrected chi connectivity index (χ4v) is 1.21. The van der Waals surface area contributed by atoms with E-state index in [1.165, 1.54) is 0 Å². The number of halogens is 1. The van der Waals surface area contributed by atoms with Crippen LogP contribution >= 0.6 is 11.6 Å². The van der Waals surface area contributed by atoms with Gasteiger partial charge in [0.05, 0.1) is 11.6 Å². The lowest BCUT2D eigenvalue weighted by atomic mass is 10.1. The zero-order valence-electron chi connectivity index (χ0n) is 9.25. The van der Waals surface area contributed by atoms with Gasteiger partial charge in [0.2, 0.25) is 0 Å². The van der Waals surface area contributed by atoms with Crippen LogP contribution in [0.5, 0.6) is 0 Å². The number of nitriles is 1. The van der Waals surface area contributed by atoms with Crippen molar-refractivity contribution in [2.45, 2.75) is 19.4 Å². The lowest BCUT2D eigenvalue weighted by molar-refractivity contribution is 0.0920. The first-order chi connectivity index (χ1) is 7.48. The topological polar surface area (TPSA) is 52.9 Å². The molecule has 0 radical (unpaired) electrons. The highest BCUT2D eigenvalue weighted by Gasteiger charge is 2.19. The number of alkyl halides is 1. The van der Waals surface area contributed by atoms with E-state index in [2.05, 4.69) is 5.32 Å². The van der Waals surface area contributed by atoms with Gasteiger partial charge in [-0.3, -0.25) is 4.79 Å². The molecule has 1 N–H and O–H groups in total. The summed E-state index contributed by atoms with van der Waals surface area (Å²) >= 11 is 5.72. The summed E-state index contributed by atoms with van der Waals surface area (Å²) in [7, 11) is 0. The van der Waals surface area contributed by atoms with Crippen LogP contribution in [0.1, 0.15) is 29.8 Å². The molecule has 0 unspecified atom stereocenters. The third-order valence-electron chi connectivity index (χ3n) is 2.04. The fraction of sp³-hybridized carbons (Fsp3) is 0.333. The molecule has 0 aliphatic carbocycles. The lowest BCUT2D eigenvalue weighted by Crippen LogP contribution is -2.44. The third kappa shape index (κ3) is 3.25. The van der Waals surface area contributed by atoms with Gasteiger partial charge in [0.1, 0.15) is 0 Å². The van der Waals surface area contributed by atoms with E-state index in [4.69, 9.17) is 16.9 Å². The monoisotopic (exact) mass is 236 g/mol. The Morgan fingerprint density at radius 2 is 2.25 bits per heavy atom. The highest BCUT2D eigenvalue weighted by Crippen LogP contribution is 2.09. The number of rotatable bonds is 3. The van der Waals surface area contributed by atoms with Crippen molar-refractivity contribution in [1.82, 2.24) is 5.32 Å². The Morgan fingerprint density at radius 3 is 2.81 bits per heavy atom. The minimum absolute atomic E-state index is 0.220. The fourth-order valence-electron chi connectivity index (χ4n) is 1.14. The van der Waals surface area contributed by atoms with Gasteiger partial charge >= 0.3 is 0 Å². The number of carbonyl (C=O) groups is 1. The van der Waals surface area contributed by atoms with Crippen molar-refractivity contribution in [3.8, 4) is 6.07 Å². The average Bonchev–Trinajstić information content (AvgIpc) is 2.28. The van der Waals surface area contributed by atoms with Gasteiger partial charge < -0.3 is 5.32 Å². The smallest absolute Gasteiger partial charge is 0.251 e. The maximum atomic E-state index is 11.8. The largest absolute Gasteiger partial charge is 0.346 e. The molecule has 0 aromatic heterocycles. The molecule has 1 rings (SSSR count). The maximum Gasteiger partial charge on any atom is 0.251 e. The molecule has 0 saturated heterocycles. The molecule has 0 heterocycles. The van der Waals surface area contributed by atoms with Gasteiger partial charge in [-0.25, -0.2) is 0 Å². The molecule has 3 nitrogen and oxygen atoms in total. The second-order valence-corrected chi connectivity index (χ2v) is 4.43. The Labute approximate surface area is 100 Å². The van der Waals surface area contributed by atoms with E-state index in [0.717, 1.165) is 0 Å². The molecule has 4 heteroatoms. The number of hydrogen-bond acceptors (Lipinski definition) is 2. The minimum atomic E-state index is -0.457. The van der Waals surface area contributed by atoms with Gasteiger partial charge in [-0.05, 0) is 32.0 Å². The molecule has 84 valence electrons. The summed E-state index contributed by atoms with van der Waals surface area (Å²) < 4.78 is 0. The number of amides is 1. The van der Waals surface area contributed by atoms with Crippen molar-refractivity contribution in [1.29, 1.82) is 5.26 Å². The molecule has 0 atom stereocenters. The normalized spacial score (nSPS) is 10.6. The number of nitrogens with zero attached hydrogens (tertiary/aromatic N) is 1. The second-order valence-electron chi connectivity index (χ2n) is 4.16. The van der Waals surface area contributed by atoms with Crippen LogP contribution in [0.3, 0.4) is 0 Å². The molecule has 16 heavy (non-hydrogen) atoms. The van der Waals surface area contributed by atoms with E-state index in [1.54, 1.807) is 24.3 Å². The number of hydrogen-bond donors (Lipinski definition) is 1. The Kier molecular flexibility index (Phi) is 3.92. The molecule has 0 fully saturated rings. The molecule has 0 spiro atoms. The molecule has 0 saturated carbocycles. The lowest BCUT2D eigenvalue weighted by Gasteiger charge is -2.23. The maximum absolute atomic E-state index is 11.8. The summed E-state index contributed by atoms with van der Waals surface area (Å²) in [6.07, 6.45) is 0. The summed E-state index contributed by atoms with van der Waals surface area (Å²) in [5, 5.41) is 11.5. The van der Waals surface area contributed by atoms with Gasteiger partial charge in [-0.1, -0.05) is 6.07 Å². The Bertz CT molecular complexity index is 435. The second kappa shape index (κ2) is 5.00. The van der Waals surface area contributed by atoms with Crippen molar-refractivity contribution in [3.63, 3.8) is 0 Å². The summed E-state index contributed by atoms with van der Waals surface area (Å²) in [6.45, 7) is 3.68. The quantitative estimate of drug-likeness (QED) is 0.819. The molecule has 0 aliphatic rings. The average molecular weight is 237 g/mol. The molecule has 1 aromatic carbocycles. The van der Waals surface area contributed by atoms with Crippen LogP contribution in [0.4, 0.5) is 0 Å². The van der Waals surface area contributed by atoms with Crippen molar-refractivity contribution in [2.24, 2.45) is 0 Å². The van der Waals surface area contributed by atoms with E-state index >= 15 is 0 Å². The van der Waals surface area contributed by atoms with Crippen LogP contribution in [0.25, 0.3) is 0 Å². The van der Waals surface area contributed by atoms with E-state index in [0.29, 0.717) is 17.0 Å². The van der Waals surface area contributed by atoms with Gasteiger partial charge in [-0.15, -0.1) is 11.6 Å². The van der Waals surface area contributed by atoms with Crippen LogP contribution < -0.4 is 5.32 Å². The first-order valence-electron chi connectivity index (χ1n) is 4.87. The van der Waals surface area contributed by atoms with Crippen molar-refractivity contribution < 1.29 is 4.79 Å². The van der Waals surface area contributed by atoms with Gasteiger partial charge in [0, 0.05) is 17.0 Å².